The molecule has 1 unspecified atom stereocenters. The molecule has 0 spiro atoms. The Morgan fingerprint density at radius 1 is 1.73 bits per heavy atom. The summed E-state index contributed by atoms with van der Waals surface area (Å²) in [6.07, 6.45) is 4.06. The molecule has 0 aliphatic rings. The lowest BCUT2D eigenvalue weighted by molar-refractivity contribution is -0.144. The van der Waals surface area contributed by atoms with Gasteiger partial charge in [-0.05, 0) is 13.3 Å². The average molecular weight is 211 g/mol. The molecule has 0 saturated carbocycles. The molecule has 0 fully saturated rings. The van der Waals surface area contributed by atoms with Gasteiger partial charge >= 0.3 is 5.97 Å². The van der Waals surface area contributed by atoms with Crippen LogP contribution in [-0.4, -0.2) is 26.2 Å². The normalized spacial score (nSPS) is 14.9. The van der Waals surface area contributed by atoms with Gasteiger partial charge in [-0.2, -0.15) is 0 Å². The van der Waals surface area contributed by atoms with Crippen LogP contribution in [-0.2, 0) is 18.4 Å². The fourth-order valence-electron chi connectivity index (χ4n) is 1.19. The van der Waals surface area contributed by atoms with Crippen LogP contribution in [0.4, 0.5) is 0 Å². The van der Waals surface area contributed by atoms with Crippen LogP contribution in [0.15, 0.2) is 12.4 Å². The maximum absolute atomic E-state index is 11.0. The summed E-state index contributed by atoms with van der Waals surface area (Å²) in [5.74, 6) is -0.00451. The van der Waals surface area contributed by atoms with Crippen molar-refractivity contribution in [3.05, 3.63) is 18.2 Å². The van der Waals surface area contributed by atoms with Crippen LogP contribution in [0.25, 0.3) is 0 Å². The molecule has 0 amide bonds. The van der Waals surface area contributed by atoms with Crippen LogP contribution in [0.3, 0.4) is 0 Å². The fourth-order valence-corrected chi connectivity index (χ4v) is 1.19. The highest BCUT2D eigenvalue weighted by Gasteiger charge is 2.30. The molecule has 1 rings (SSSR count). The smallest absolute Gasteiger partial charge is 0.323 e. The van der Waals surface area contributed by atoms with Gasteiger partial charge in [-0.1, -0.05) is 6.92 Å². The Kier molecular flexibility index (Phi) is 3.47. The van der Waals surface area contributed by atoms with Crippen molar-refractivity contribution in [3.8, 4) is 0 Å². The molecule has 1 atom stereocenters. The van der Waals surface area contributed by atoms with Gasteiger partial charge in [-0.3, -0.25) is 10.1 Å². The number of aryl methyl sites for hydroxylation is 1. The molecule has 0 radical (unpaired) electrons. The second-order valence-electron chi connectivity index (χ2n) is 3.80. The van der Waals surface area contributed by atoms with E-state index in [1.54, 1.807) is 13.1 Å². The molecular weight excluding hydrogens is 194 g/mol. The molecule has 0 bridgehead atoms. The Morgan fingerprint density at radius 2 is 2.40 bits per heavy atom. The topological polar surface area (TPSA) is 67.2 Å². The second kappa shape index (κ2) is 4.44. The van der Waals surface area contributed by atoms with Gasteiger partial charge in [0, 0.05) is 19.4 Å². The Hall–Kier alpha value is -1.36. The van der Waals surface area contributed by atoms with Gasteiger partial charge in [-0.15, -0.1) is 0 Å². The molecule has 0 aliphatic carbocycles. The van der Waals surface area contributed by atoms with E-state index in [4.69, 9.17) is 5.11 Å². The third-order valence-corrected chi connectivity index (χ3v) is 2.74. The Morgan fingerprint density at radius 3 is 2.80 bits per heavy atom. The van der Waals surface area contributed by atoms with Crippen LogP contribution in [0, 0.1) is 0 Å². The lowest BCUT2D eigenvalue weighted by Gasteiger charge is -2.24. The highest BCUT2D eigenvalue weighted by atomic mass is 16.4. The monoisotopic (exact) mass is 211 g/mol. The molecule has 5 heteroatoms. The summed E-state index contributed by atoms with van der Waals surface area (Å²) < 4.78 is 1.87. The van der Waals surface area contributed by atoms with Crippen LogP contribution < -0.4 is 5.32 Å². The van der Waals surface area contributed by atoms with Crippen molar-refractivity contribution in [1.29, 1.82) is 0 Å². The van der Waals surface area contributed by atoms with E-state index in [-0.39, 0.29) is 0 Å². The summed E-state index contributed by atoms with van der Waals surface area (Å²) in [4.78, 5) is 15.1. The van der Waals surface area contributed by atoms with E-state index in [1.807, 2.05) is 24.7 Å². The van der Waals surface area contributed by atoms with Crippen LogP contribution >= 0.6 is 0 Å². The van der Waals surface area contributed by atoms with Gasteiger partial charge in [0.05, 0.1) is 6.54 Å². The summed E-state index contributed by atoms with van der Waals surface area (Å²) in [5, 5.41) is 12.0. The standard InChI is InChI=1S/C10H17N3O2/c1-4-10(2,9(14)15)12-7-8-11-5-6-13(8)3/h5-6,12H,4,7H2,1-3H3,(H,14,15). The summed E-state index contributed by atoms with van der Waals surface area (Å²) in [5.41, 5.74) is -0.883. The summed E-state index contributed by atoms with van der Waals surface area (Å²) in [6.45, 7) is 3.98. The minimum Gasteiger partial charge on any atom is -0.480 e. The number of hydrogen-bond acceptors (Lipinski definition) is 3. The van der Waals surface area contributed by atoms with Crippen molar-refractivity contribution in [2.24, 2.45) is 7.05 Å². The second-order valence-corrected chi connectivity index (χ2v) is 3.80. The molecule has 0 saturated heterocycles. The first-order chi connectivity index (χ1) is 6.99. The van der Waals surface area contributed by atoms with E-state index in [0.717, 1.165) is 5.82 Å². The van der Waals surface area contributed by atoms with E-state index in [9.17, 15) is 4.79 Å². The quantitative estimate of drug-likeness (QED) is 0.754. The minimum absolute atomic E-state index is 0.458. The van der Waals surface area contributed by atoms with Gasteiger partial charge < -0.3 is 9.67 Å². The van der Waals surface area contributed by atoms with E-state index < -0.39 is 11.5 Å². The van der Waals surface area contributed by atoms with E-state index >= 15 is 0 Å². The zero-order valence-corrected chi connectivity index (χ0v) is 9.32. The molecule has 2 N–H and O–H groups in total. The zero-order chi connectivity index (χ0) is 11.5. The number of nitrogens with one attached hydrogen (secondary N) is 1. The largest absolute Gasteiger partial charge is 0.480 e. The van der Waals surface area contributed by atoms with Crippen molar-refractivity contribution < 1.29 is 9.90 Å². The van der Waals surface area contributed by atoms with Crippen LogP contribution in [0.5, 0.6) is 0 Å². The molecule has 15 heavy (non-hydrogen) atoms. The third kappa shape index (κ3) is 2.56. The number of aliphatic carboxylic acids is 1. The summed E-state index contributed by atoms with van der Waals surface area (Å²) in [6, 6.07) is 0. The predicted molar refractivity (Wildman–Crippen MR) is 56.4 cm³/mol. The minimum atomic E-state index is -0.883. The van der Waals surface area contributed by atoms with Gasteiger partial charge in [-0.25, -0.2) is 4.98 Å². The number of aromatic nitrogens is 2. The molecule has 84 valence electrons. The van der Waals surface area contributed by atoms with Gasteiger partial charge in [0.1, 0.15) is 11.4 Å². The van der Waals surface area contributed by atoms with Crippen LogP contribution in [0.1, 0.15) is 26.1 Å². The average Bonchev–Trinajstić information content (AvgIpc) is 2.60. The maximum Gasteiger partial charge on any atom is 0.323 e. The van der Waals surface area contributed by atoms with Crippen molar-refractivity contribution >= 4 is 5.97 Å². The van der Waals surface area contributed by atoms with Crippen molar-refractivity contribution in [2.45, 2.75) is 32.4 Å². The van der Waals surface area contributed by atoms with Crippen molar-refractivity contribution in [3.63, 3.8) is 0 Å². The number of carboxylic acids is 1. The number of imidazole rings is 1. The molecule has 0 aliphatic heterocycles. The van der Waals surface area contributed by atoms with E-state index in [0.29, 0.717) is 13.0 Å². The molecule has 1 heterocycles. The first-order valence-corrected chi connectivity index (χ1v) is 4.94. The molecular formula is C10H17N3O2. The first kappa shape index (κ1) is 11.7. The maximum atomic E-state index is 11.0. The van der Waals surface area contributed by atoms with Crippen LogP contribution in [0.2, 0.25) is 0 Å². The van der Waals surface area contributed by atoms with Crippen molar-refractivity contribution in [2.75, 3.05) is 0 Å². The SMILES string of the molecule is CCC(C)(NCc1nccn1C)C(=O)O. The molecule has 0 aromatic carbocycles. The highest BCUT2D eigenvalue weighted by Crippen LogP contribution is 2.10. The molecule has 5 nitrogen and oxygen atoms in total. The lowest BCUT2D eigenvalue weighted by atomic mass is 9.99. The van der Waals surface area contributed by atoms with Gasteiger partial charge in [0.25, 0.3) is 0 Å². The number of carboxylic acid groups (broad SMARTS) is 1. The fraction of sp³-hybridized carbons (Fsp3) is 0.600. The summed E-state index contributed by atoms with van der Waals surface area (Å²) >= 11 is 0. The third-order valence-electron chi connectivity index (χ3n) is 2.74. The zero-order valence-electron chi connectivity index (χ0n) is 9.32. The Bertz CT molecular complexity index is 348. The number of rotatable bonds is 5. The van der Waals surface area contributed by atoms with E-state index in [1.165, 1.54) is 0 Å². The molecule has 1 aromatic rings. The molecule has 1 aromatic heterocycles. The Balaban J connectivity index is 2.63. The van der Waals surface area contributed by atoms with Gasteiger partial charge in [0.15, 0.2) is 0 Å². The van der Waals surface area contributed by atoms with Gasteiger partial charge in [0.2, 0.25) is 0 Å². The predicted octanol–water partition coefficient (Wildman–Crippen LogP) is 0.763. The van der Waals surface area contributed by atoms with E-state index in [2.05, 4.69) is 10.3 Å². The Labute approximate surface area is 89.1 Å². The highest BCUT2D eigenvalue weighted by molar-refractivity contribution is 5.78. The number of carbonyl (C=O) groups is 1. The lowest BCUT2D eigenvalue weighted by Crippen LogP contribution is -2.48. The first-order valence-electron chi connectivity index (χ1n) is 4.94. The number of nitrogens with zero attached hydrogens (tertiary/aromatic N) is 2. The number of hydrogen-bond donors (Lipinski definition) is 2. The van der Waals surface area contributed by atoms with Crippen molar-refractivity contribution in [1.82, 2.24) is 14.9 Å². The summed E-state index contributed by atoms with van der Waals surface area (Å²) in [7, 11) is 1.88.